The van der Waals surface area contributed by atoms with Crippen LogP contribution in [-0.2, 0) is 25.7 Å². The highest BCUT2D eigenvalue weighted by molar-refractivity contribution is 5.30. The summed E-state index contributed by atoms with van der Waals surface area (Å²) >= 11 is 0. The lowest BCUT2D eigenvalue weighted by atomic mass is 9.61. The SMILES string of the molecule is C1CCC1.C1CCC2(CC1)CCC2.C1CCCCC1.CC(C)C.CC(C)C.CC(C)C.CC(C)C.CC(C)C.c1ccc2c(c1)CCC2.c1ccc2c(c1)CCCC2. The molecular weight excluding hydrogens is 697 g/mol. The number of rotatable bonds is 0. The number of hydrogen-bond acceptors (Lipinski definition) is 0. The van der Waals surface area contributed by atoms with Gasteiger partial charge in [0.1, 0.15) is 0 Å². The molecule has 6 aliphatic carbocycles. The Morgan fingerprint density at radius 2 is 0.448 bits per heavy atom. The molecule has 0 aromatic heterocycles. The van der Waals surface area contributed by atoms with E-state index in [1.54, 1.807) is 47.9 Å². The summed E-state index contributed by atoms with van der Waals surface area (Å²) in [6.45, 7) is 32.5. The van der Waals surface area contributed by atoms with E-state index in [4.69, 9.17) is 0 Å². The Kier molecular flexibility index (Phi) is 39.9. The molecule has 340 valence electrons. The maximum absolute atomic E-state index is 2.26. The molecule has 2 aromatic rings. The zero-order valence-electron chi connectivity index (χ0n) is 42.7. The van der Waals surface area contributed by atoms with Gasteiger partial charge in [-0.05, 0) is 128 Å². The third-order valence-corrected chi connectivity index (χ3v) is 10.1. The van der Waals surface area contributed by atoms with Gasteiger partial charge in [0.25, 0.3) is 0 Å². The molecule has 1 spiro atoms. The van der Waals surface area contributed by atoms with Crippen LogP contribution < -0.4 is 0 Å². The van der Waals surface area contributed by atoms with Gasteiger partial charge in [0.2, 0.25) is 0 Å². The van der Waals surface area contributed by atoms with Gasteiger partial charge in [0.05, 0.1) is 0 Å². The van der Waals surface area contributed by atoms with Gasteiger partial charge in [-0.15, -0.1) is 0 Å². The molecule has 0 atom stereocenters. The molecule has 0 heteroatoms. The minimum Gasteiger partial charge on any atom is -0.0630 e. The van der Waals surface area contributed by atoms with Crippen molar-refractivity contribution in [2.45, 2.75) is 264 Å². The maximum atomic E-state index is 2.26. The van der Waals surface area contributed by atoms with Crippen LogP contribution in [0.3, 0.4) is 0 Å². The van der Waals surface area contributed by atoms with E-state index in [1.165, 1.54) is 135 Å². The smallest absolute Gasteiger partial charge is 0.0273 e. The van der Waals surface area contributed by atoms with Crippen molar-refractivity contribution in [3.05, 3.63) is 70.8 Å². The normalized spacial score (nSPS) is 17.4. The first-order valence-corrected chi connectivity index (χ1v) is 25.6. The lowest BCUT2D eigenvalue weighted by Gasteiger charge is -2.45. The average Bonchev–Trinajstić information content (AvgIpc) is 3.61. The molecule has 0 saturated heterocycles. The molecule has 58 heavy (non-hydrogen) atoms. The third kappa shape index (κ3) is 41.2. The van der Waals surface area contributed by atoms with E-state index in [0.717, 1.165) is 35.0 Å². The number of aryl methyl sites for hydroxylation is 4. The van der Waals surface area contributed by atoms with Crippen molar-refractivity contribution in [3.63, 3.8) is 0 Å². The van der Waals surface area contributed by atoms with Crippen molar-refractivity contribution in [2.75, 3.05) is 0 Å². The van der Waals surface area contributed by atoms with Crippen LogP contribution in [0.2, 0.25) is 0 Å². The van der Waals surface area contributed by atoms with Gasteiger partial charge >= 0.3 is 0 Å². The van der Waals surface area contributed by atoms with Crippen LogP contribution in [0.1, 0.15) is 261 Å². The van der Waals surface area contributed by atoms with E-state index >= 15 is 0 Å². The van der Waals surface area contributed by atoms with E-state index in [-0.39, 0.29) is 0 Å². The Morgan fingerprint density at radius 1 is 0.259 bits per heavy atom. The van der Waals surface area contributed by atoms with E-state index in [9.17, 15) is 0 Å². The number of fused-ring (bicyclic) bond motifs is 2. The summed E-state index contributed by atoms with van der Waals surface area (Å²) in [7, 11) is 0. The summed E-state index contributed by atoms with van der Waals surface area (Å²) in [5.41, 5.74) is 7.19. The first kappa shape index (κ1) is 58.5. The molecule has 0 nitrogen and oxygen atoms in total. The molecule has 4 fully saturated rings. The predicted octanol–water partition coefficient (Wildman–Crippen LogP) is 20.1. The Bertz CT molecular complexity index is 984. The minimum atomic E-state index is 0.833. The van der Waals surface area contributed by atoms with E-state index in [2.05, 4.69) is 152 Å². The maximum Gasteiger partial charge on any atom is -0.0273 e. The zero-order valence-corrected chi connectivity index (χ0v) is 42.7. The van der Waals surface area contributed by atoms with Crippen LogP contribution in [0.25, 0.3) is 0 Å². The van der Waals surface area contributed by atoms with Gasteiger partial charge < -0.3 is 0 Å². The Hall–Kier alpha value is -1.56. The zero-order chi connectivity index (χ0) is 44.0. The first-order chi connectivity index (χ1) is 27.5. The second kappa shape index (κ2) is 39.6. The third-order valence-electron chi connectivity index (χ3n) is 10.1. The van der Waals surface area contributed by atoms with Crippen LogP contribution in [-0.4, -0.2) is 0 Å². The summed E-state index contributed by atoms with van der Waals surface area (Å²) in [5.74, 6) is 4.17. The average molecular weight is 806 g/mol. The number of hydrogen-bond donors (Lipinski definition) is 0. The highest BCUT2D eigenvalue weighted by Gasteiger charge is 2.37. The fraction of sp³-hybridized carbons (Fsp3) is 0.793. The topological polar surface area (TPSA) is 0 Å². The van der Waals surface area contributed by atoms with Gasteiger partial charge in [-0.2, -0.15) is 0 Å². The monoisotopic (exact) mass is 805 g/mol. The molecule has 0 heterocycles. The van der Waals surface area contributed by atoms with Gasteiger partial charge in [0, 0.05) is 0 Å². The van der Waals surface area contributed by atoms with Crippen molar-refractivity contribution in [2.24, 2.45) is 35.0 Å². The summed E-state index contributed by atoms with van der Waals surface area (Å²) < 4.78 is 0. The molecule has 8 rings (SSSR count). The number of benzene rings is 2. The standard InChI is InChI=1S/C10H12.C9H10.C9H16.C6H12.C4H8.5C4H10/c1-2-6-10-8-4-3-7-9(10)5-1;1-2-5-9-7-3-6-8(9)4-1;1-2-5-9(6-3-1)7-4-8-9;1-2-4-6-5-3-1;1-2-4-3-1;5*1-4(2)3/h1-2,5-6H,3-4,7-8H2;1-2,4-5H,3,6-7H2;1-8H2;1-6H2;1-4H2;5*4H,1-3H3. The van der Waals surface area contributed by atoms with Crippen LogP contribution in [0, 0.1) is 35.0 Å². The van der Waals surface area contributed by atoms with Gasteiger partial charge in [-0.3, -0.25) is 0 Å². The van der Waals surface area contributed by atoms with Crippen molar-refractivity contribution >= 4 is 0 Å². The second-order valence-corrected chi connectivity index (χ2v) is 21.7. The van der Waals surface area contributed by atoms with E-state index < -0.39 is 0 Å². The fourth-order valence-corrected chi connectivity index (χ4v) is 6.98. The molecule has 0 unspecified atom stereocenters. The lowest BCUT2D eigenvalue weighted by Crippen LogP contribution is -2.31. The van der Waals surface area contributed by atoms with Gasteiger partial charge in [-0.25, -0.2) is 0 Å². The molecule has 0 bridgehead atoms. The molecule has 0 radical (unpaired) electrons. The summed E-state index contributed by atoms with van der Waals surface area (Å²) in [5, 5.41) is 0. The quantitative estimate of drug-likeness (QED) is 0.249. The minimum absolute atomic E-state index is 0.833. The predicted molar refractivity (Wildman–Crippen MR) is 270 cm³/mol. The second-order valence-electron chi connectivity index (χ2n) is 21.7. The van der Waals surface area contributed by atoms with Gasteiger partial charge in [-0.1, -0.05) is 242 Å². The van der Waals surface area contributed by atoms with Crippen LogP contribution in [0.15, 0.2) is 48.5 Å². The highest BCUT2D eigenvalue weighted by Crippen LogP contribution is 2.51. The van der Waals surface area contributed by atoms with Crippen LogP contribution >= 0.6 is 0 Å². The molecular formula is C58H108. The molecule has 0 N–H and O–H groups in total. The van der Waals surface area contributed by atoms with Crippen molar-refractivity contribution in [1.82, 2.24) is 0 Å². The highest BCUT2D eigenvalue weighted by atomic mass is 14.4. The molecule has 0 aliphatic heterocycles. The van der Waals surface area contributed by atoms with E-state index in [0.29, 0.717) is 0 Å². The Labute approximate surface area is 368 Å². The summed E-state index contributed by atoms with van der Waals surface area (Å²) in [6, 6.07) is 17.5. The Balaban J connectivity index is 0. The molecule has 0 amide bonds. The molecule has 6 aliphatic rings. The van der Waals surface area contributed by atoms with Crippen LogP contribution in [0.5, 0.6) is 0 Å². The van der Waals surface area contributed by atoms with Crippen molar-refractivity contribution in [1.29, 1.82) is 0 Å². The summed E-state index contributed by atoms with van der Waals surface area (Å²) in [6.07, 6.45) is 36.7. The van der Waals surface area contributed by atoms with Crippen molar-refractivity contribution < 1.29 is 0 Å². The van der Waals surface area contributed by atoms with Gasteiger partial charge in [0.15, 0.2) is 0 Å². The van der Waals surface area contributed by atoms with Crippen LogP contribution in [0.4, 0.5) is 0 Å². The van der Waals surface area contributed by atoms with E-state index in [1.807, 2.05) is 0 Å². The molecule has 2 aromatic carbocycles. The fourth-order valence-electron chi connectivity index (χ4n) is 6.98. The summed E-state index contributed by atoms with van der Waals surface area (Å²) in [4.78, 5) is 0. The first-order valence-electron chi connectivity index (χ1n) is 25.6. The molecule has 4 saturated carbocycles. The Morgan fingerprint density at radius 3 is 0.638 bits per heavy atom. The lowest BCUT2D eigenvalue weighted by molar-refractivity contribution is 0.0775. The van der Waals surface area contributed by atoms with Crippen molar-refractivity contribution in [3.8, 4) is 0 Å². The largest absolute Gasteiger partial charge is 0.0630 e.